The van der Waals surface area contributed by atoms with Gasteiger partial charge in [0.05, 0.1) is 5.38 Å². The largest absolute Gasteiger partial charge is 0.207 e. The Labute approximate surface area is 120 Å². The zero-order valence-electron chi connectivity index (χ0n) is 10.4. The lowest BCUT2D eigenvalue weighted by Gasteiger charge is -2.11. The molecule has 0 radical (unpaired) electrons. The third kappa shape index (κ3) is 2.26. The van der Waals surface area contributed by atoms with Gasteiger partial charge in [0.2, 0.25) is 0 Å². The lowest BCUT2D eigenvalue weighted by atomic mass is 10.0. The van der Waals surface area contributed by atoms with E-state index in [0.717, 1.165) is 16.5 Å². The molecular formula is C16H12ClFS. The smallest absolute Gasteiger partial charge is 0.128 e. The molecule has 0 fully saturated rings. The molecule has 1 aromatic heterocycles. The van der Waals surface area contributed by atoms with Crippen molar-refractivity contribution in [3.05, 3.63) is 70.4 Å². The van der Waals surface area contributed by atoms with E-state index >= 15 is 0 Å². The van der Waals surface area contributed by atoms with Gasteiger partial charge in [-0.2, -0.15) is 0 Å². The van der Waals surface area contributed by atoms with Gasteiger partial charge >= 0.3 is 0 Å². The molecular weight excluding hydrogens is 279 g/mol. The number of rotatable bonds is 2. The van der Waals surface area contributed by atoms with E-state index in [1.807, 2.05) is 36.6 Å². The van der Waals surface area contributed by atoms with Gasteiger partial charge < -0.3 is 0 Å². The maximum absolute atomic E-state index is 13.9. The Morgan fingerprint density at radius 1 is 1.11 bits per heavy atom. The number of aryl methyl sites for hydroxylation is 1. The normalized spacial score (nSPS) is 12.8. The Hall–Kier alpha value is -1.38. The number of hydrogen-bond donors (Lipinski definition) is 0. The molecule has 0 saturated heterocycles. The van der Waals surface area contributed by atoms with Crippen LogP contribution in [0.2, 0.25) is 0 Å². The lowest BCUT2D eigenvalue weighted by molar-refractivity contribution is 0.612. The van der Waals surface area contributed by atoms with Gasteiger partial charge in [0.15, 0.2) is 0 Å². The van der Waals surface area contributed by atoms with E-state index < -0.39 is 5.38 Å². The van der Waals surface area contributed by atoms with E-state index in [4.69, 9.17) is 11.6 Å². The second kappa shape index (κ2) is 4.95. The Bertz CT molecular complexity index is 732. The Balaban J connectivity index is 2.13. The second-order valence-corrected chi connectivity index (χ2v) is 5.92. The molecule has 0 spiro atoms. The van der Waals surface area contributed by atoms with E-state index in [9.17, 15) is 4.39 Å². The molecule has 19 heavy (non-hydrogen) atoms. The van der Waals surface area contributed by atoms with E-state index in [0.29, 0.717) is 5.56 Å². The Morgan fingerprint density at radius 2 is 1.89 bits per heavy atom. The first-order chi connectivity index (χ1) is 9.16. The van der Waals surface area contributed by atoms with Crippen molar-refractivity contribution in [2.75, 3.05) is 0 Å². The van der Waals surface area contributed by atoms with Crippen molar-refractivity contribution in [3.63, 3.8) is 0 Å². The average Bonchev–Trinajstić information content (AvgIpc) is 2.84. The van der Waals surface area contributed by atoms with Crippen molar-refractivity contribution in [2.24, 2.45) is 0 Å². The summed E-state index contributed by atoms with van der Waals surface area (Å²) in [6.45, 7) is 1.94. The van der Waals surface area contributed by atoms with Crippen molar-refractivity contribution in [1.82, 2.24) is 0 Å². The number of fused-ring (bicyclic) bond motifs is 1. The van der Waals surface area contributed by atoms with Crippen LogP contribution in [-0.4, -0.2) is 0 Å². The molecule has 0 bridgehead atoms. The zero-order valence-corrected chi connectivity index (χ0v) is 11.9. The minimum absolute atomic E-state index is 0.249. The fraction of sp³-hybridized carbons (Fsp3) is 0.125. The minimum atomic E-state index is -0.448. The maximum Gasteiger partial charge on any atom is 0.128 e. The van der Waals surface area contributed by atoms with Crippen LogP contribution >= 0.6 is 22.9 Å². The molecule has 0 aliphatic rings. The highest BCUT2D eigenvalue weighted by molar-refractivity contribution is 7.17. The lowest BCUT2D eigenvalue weighted by Crippen LogP contribution is -1.97. The highest BCUT2D eigenvalue weighted by Crippen LogP contribution is 2.38. The van der Waals surface area contributed by atoms with Crippen LogP contribution in [0.25, 0.3) is 10.1 Å². The molecule has 1 heterocycles. The standard InChI is InChI=1S/C16H12ClFS/c1-10-6-7-14(18)12(8-10)16(17)13-9-19-15-5-3-2-4-11(13)15/h2-9,16H,1H3. The molecule has 0 amide bonds. The van der Waals surface area contributed by atoms with E-state index in [2.05, 4.69) is 6.07 Å². The number of alkyl halides is 1. The number of thiophene rings is 1. The molecule has 0 saturated carbocycles. The molecule has 1 unspecified atom stereocenters. The van der Waals surface area contributed by atoms with Gasteiger partial charge in [0.25, 0.3) is 0 Å². The monoisotopic (exact) mass is 290 g/mol. The molecule has 2 aromatic carbocycles. The van der Waals surface area contributed by atoms with Crippen molar-refractivity contribution in [2.45, 2.75) is 12.3 Å². The van der Waals surface area contributed by atoms with Gasteiger partial charge in [-0.1, -0.05) is 35.9 Å². The summed E-state index contributed by atoms with van der Waals surface area (Å²) in [5.74, 6) is -0.249. The summed E-state index contributed by atoms with van der Waals surface area (Å²) in [5.41, 5.74) is 2.54. The highest BCUT2D eigenvalue weighted by Gasteiger charge is 2.18. The topological polar surface area (TPSA) is 0 Å². The van der Waals surface area contributed by atoms with Crippen molar-refractivity contribution in [1.29, 1.82) is 0 Å². The molecule has 3 heteroatoms. The molecule has 1 atom stereocenters. The molecule has 0 aliphatic carbocycles. The highest BCUT2D eigenvalue weighted by atomic mass is 35.5. The van der Waals surface area contributed by atoms with Crippen LogP contribution < -0.4 is 0 Å². The average molecular weight is 291 g/mol. The molecule has 0 nitrogen and oxygen atoms in total. The number of halogens is 2. The summed E-state index contributed by atoms with van der Waals surface area (Å²) in [6, 6.07) is 13.1. The minimum Gasteiger partial charge on any atom is -0.207 e. The van der Waals surface area contributed by atoms with Crippen LogP contribution in [-0.2, 0) is 0 Å². The summed E-state index contributed by atoms with van der Waals surface area (Å²) in [7, 11) is 0. The maximum atomic E-state index is 13.9. The Morgan fingerprint density at radius 3 is 2.74 bits per heavy atom. The van der Waals surface area contributed by atoms with Crippen molar-refractivity contribution in [3.8, 4) is 0 Å². The van der Waals surface area contributed by atoms with Crippen molar-refractivity contribution < 1.29 is 4.39 Å². The van der Waals surface area contributed by atoms with Gasteiger partial charge in [-0.3, -0.25) is 0 Å². The summed E-state index contributed by atoms with van der Waals surface area (Å²) in [5, 5.41) is 2.67. The zero-order chi connectivity index (χ0) is 13.4. The van der Waals surface area contributed by atoms with Gasteiger partial charge in [-0.25, -0.2) is 4.39 Å². The molecule has 0 N–H and O–H groups in total. The van der Waals surface area contributed by atoms with E-state index in [1.165, 1.54) is 10.8 Å². The van der Waals surface area contributed by atoms with Crippen LogP contribution in [0, 0.1) is 12.7 Å². The van der Waals surface area contributed by atoms with Crippen LogP contribution in [0.15, 0.2) is 47.8 Å². The first-order valence-electron chi connectivity index (χ1n) is 6.03. The fourth-order valence-corrected chi connectivity index (χ4v) is 3.63. The number of hydrogen-bond acceptors (Lipinski definition) is 1. The molecule has 3 rings (SSSR count). The van der Waals surface area contributed by atoms with Gasteiger partial charge in [-0.05, 0) is 35.4 Å². The van der Waals surface area contributed by atoms with Crippen LogP contribution in [0.3, 0.4) is 0 Å². The van der Waals surface area contributed by atoms with E-state index in [-0.39, 0.29) is 5.82 Å². The quantitative estimate of drug-likeness (QED) is 0.533. The predicted octanol–water partition coefficient (Wildman–Crippen LogP) is 5.68. The van der Waals surface area contributed by atoms with Crippen LogP contribution in [0.1, 0.15) is 22.1 Å². The number of benzene rings is 2. The first-order valence-corrected chi connectivity index (χ1v) is 7.34. The third-order valence-electron chi connectivity index (χ3n) is 3.21. The Kier molecular flexibility index (Phi) is 3.29. The van der Waals surface area contributed by atoms with Crippen LogP contribution in [0.4, 0.5) is 4.39 Å². The summed E-state index contributed by atoms with van der Waals surface area (Å²) < 4.78 is 15.1. The first kappa shape index (κ1) is 12.6. The van der Waals surface area contributed by atoms with E-state index in [1.54, 1.807) is 17.4 Å². The van der Waals surface area contributed by atoms with Crippen LogP contribution in [0.5, 0.6) is 0 Å². The molecule has 0 aliphatic heterocycles. The SMILES string of the molecule is Cc1ccc(F)c(C(Cl)c2csc3ccccc23)c1. The summed E-state index contributed by atoms with van der Waals surface area (Å²) >= 11 is 8.14. The molecule has 96 valence electrons. The van der Waals surface area contributed by atoms with Gasteiger partial charge in [0, 0.05) is 10.3 Å². The van der Waals surface area contributed by atoms with Crippen molar-refractivity contribution >= 4 is 33.0 Å². The van der Waals surface area contributed by atoms with Gasteiger partial charge in [-0.15, -0.1) is 22.9 Å². The second-order valence-electron chi connectivity index (χ2n) is 4.57. The summed E-state index contributed by atoms with van der Waals surface area (Å²) in [4.78, 5) is 0. The molecule has 3 aromatic rings. The third-order valence-corrected chi connectivity index (χ3v) is 4.66. The predicted molar refractivity (Wildman–Crippen MR) is 80.7 cm³/mol. The summed E-state index contributed by atoms with van der Waals surface area (Å²) in [6.07, 6.45) is 0. The fourth-order valence-electron chi connectivity index (χ4n) is 2.22. The van der Waals surface area contributed by atoms with Gasteiger partial charge in [0.1, 0.15) is 5.82 Å².